The molecule has 1 unspecified atom stereocenters. The summed E-state index contributed by atoms with van der Waals surface area (Å²) in [6.07, 6.45) is 2.18. The summed E-state index contributed by atoms with van der Waals surface area (Å²) in [5.74, 6) is -1.75. The first kappa shape index (κ1) is 21.9. The second-order valence-corrected chi connectivity index (χ2v) is 7.36. The summed E-state index contributed by atoms with van der Waals surface area (Å²) >= 11 is 0. The number of benzene rings is 1. The Bertz CT molecular complexity index is 824. The van der Waals surface area contributed by atoms with E-state index in [9.17, 15) is 19.2 Å². The molecule has 2 N–H and O–H groups in total. The molecule has 1 atom stereocenters. The predicted molar refractivity (Wildman–Crippen MR) is 105 cm³/mol. The highest BCUT2D eigenvalue weighted by atomic mass is 16.5. The lowest BCUT2D eigenvalue weighted by Crippen LogP contribution is -2.52. The Balaban J connectivity index is 1.41. The molecule has 162 valence electrons. The number of carbonyl (C=O) groups is 4. The van der Waals surface area contributed by atoms with E-state index in [-0.39, 0.29) is 31.3 Å². The number of carboxylic acid groups (broad SMARTS) is 1. The second kappa shape index (κ2) is 10.3. The SMILES string of the molecule is O=C(O)CCOCCOCCCc1ccc2c(c1)CN(C1CCC(=O)NC1=O)C2=O. The van der Waals surface area contributed by atoms with Crippen LogP contribution in [0.5, 0.6) is 0 Å². The van der Waals surface area contributed by atoms with Crippen LogP contribution >= 0.6 is 0 Å². The van der Waals surface area contributed by atoms with Crippen LogP contribution in [0.4, 0.5) is 0 Å². The van der Waals surface area contributed by atoms with E-state index in [1.54, 1.807) is 11.0 Å². The molecule has 2 aliphatic heterocycles. The fraction of sp³-hybridized carbons (Fsp3) is 0.524. The van der Waals surface area contributed by atoms with Crippen LogP contribution in [0.15, 0.2) is 18.2 Å². The van der Waals surface area contributed by atoms with Gasteiger partial charge in [-0.1, -0.05) is 12.1 Å². The molecule has 1 aromatic rings. The molecule has 9 nitrogen and oxygen atoms in total. The highest BCUT2D eigenvalue weighted by molar-refractivity contribution is 6.05. The summed E-state index contributed by atoms with van der Waals surface area (Å²) in [5, 5.41) is 10.8. The summed E-state index contributed by atoms with van der Waals surface area (Å²) < 4.78 is 10.6. The van der Waals surface area contributed by atoms with Gasteiger partial charge >= 0.3 is 5.97 Å². The third kappa shape index (κ3) is 5.64. The van der Waals surface area contributed by atoms with Gasteiger partial charge in [-0.05, 0) is 36.5 Å². The van der Waals surface area contributed by atoms with Crippen LogP contribution in [-0.2, 0) is 36.8 Å². The number of nitrogens with one attached hydrogen (secondary N) is 1. The molecule has 1 saturated heterocycles. The van der Waals surface area contributed by atoms with Gasteiger partial charge in [-0.3, -0.25) is 24.5 Å². The van der Waals surface area contributed by atoms with Crippen molar-refractivity contribution in [1.82, 2.24) is 10.2 Å². The molecule has 1 fully saturated rings. The summed E-state index contributed by atoms with van der Waals surface area (Å²) in [6.45, 7) is 1.89. The van der Waals surface area contributed by atoms with E-state index in [4.69, 9.17) is 14.6 Å². The summed E-state index contributed by atoms with van der Waals surface area (Å²) in [4.78, 5) is 48.0. The first-order valence-corrected chi connectivity index (χ1v) is 10.1. The molecule has 2 heterocycles. The molecular weight excluding hydrogens is 392 g/mol. The third-order valence-electron chi connectivity index (χ3n) is 5.17. The Morgan fingerprint density at radius 1 is 1.13 bits per heavy atom. The molecule has 0 spiro atoms. The standard InChI is InChI=1S/C21H26N2O7/c24-18-6-5-17(20(27)22-18)23-13-15-12-14(3-4-16(15)21(23)28)2-1-8-29-10-11-30-9-7-19(25)26/h3-4,12,17H,1-2,5-11,13H2,(H,25,26)(H,22,24,27). The smallest absolute Gasteiger partial charge is 0.305 e. The normalized spacial score (nSPS) is 18.5. The lowest BCUT2D eigenvalue weighted by molar-refractivity contribution is -0.139. The van der Waals surface area contributed by atoms with Gasteiger partial charge < -0.3 is 19.5 Å². The van der Waals surface area contributed by atoms with Crippen molar-refractivity contribution in [2.75, 3.05) is 26.4 Å². The molecule has 9 heteroatoms. The number of carboxylic acids is 1. The Kier molecular flexibility index (Phi) is 7.53. The number of amides is 3. The van der Waals surface area contributed by atoms with Crippen molar-refractivity contribution in [2.24, 2.45) is 0 Å². The fourth-order valence-corrected chi connectivity index (χ4v) is 3.64. The zero-order chi connectivity index (χ0) is 21.5. The van der Waals surface area contributed by atoms with Crippen LogP contribution in [0, 0.1) is 0 Å². The summed E-state index contributed by atoms with van der Waals surface area (Å²) in [7, 11) is 0. The number of aliphatic carboxylic acids is 1. The van der Waals surface area contributed by atoms with Gasteiger partial charge in [0.25, 0.3) is 5.91 Å². The van der Waals surface area contributed by atoms with Crippen molar-refractivity contribution in [2.45, 2.75) is 44.7 Å². The minimum Gasteiger partial charge on any atom is -0.481 e. The largest absolute Gasteiger partial charge is 0.481 e. The second-order valence-electron chi connectivity index (χ2n) is 7.36. The van der Waals surface area contributed by atoms with Gasteiger partial charge in [0.1, 0.15) is 6.04 Å². The van der Waals surface area contributed by atoms with Gasteiger partial charge in [0, 0.05) is 25.1 Å². The average molecular weight is 418 g/mol. The van der Waals surface area contributed by atoms with E-state index >= 15 is 0 Å². The lowest BCUT2D eigenvalue weighted by Gasteiger charge is -2.29. The molecule has 30 heavy (non-hydrogen) atoms. The van der Waals surface area contributed by atoms with Crippen LogP contribution < -0.4 is 5.32 Å². The fourth-order valence-electron chi connectivity index (χ4n) is 3.64. The van der Waals surface area contributed by atoms with Gasteiger partial charge in [0.15, 0.2) is 0 Å². The number of fused-ring (bicyclic) bond motifs is 1. The van der Waals surface area contributed by atoms with Crippen LogP contribution in [0.25, 0.3) is 0 Å². The highest BCUT2D eigenvalue weighted by Gasteiger charge is 2.38. The van der Waals surface area contributed by atoms with E-state index in [2.05, 4.69) is 5.32 Å². The van der Waals surface area contributed by atoms with Crippen molar-refractivity contribution < 1.29 is 33.8 Å². The lowest BCUT2D eigenvalue weighted by atomic mass is 10.0. The van der Waals surface area contributed by atoms with Gasteiger partial charge in [-0.15, -0.1) is 0 Å². The quantitative estimate of drug-likeness (QED) is 0.404. The van der Waals surface area contributed by atoms with Crippen molar-refractivity contribution in [3.63, 3.8) is 0 Å². The van der Waals surface area contributed by atoms with Crippen LogP contribution in [0.1, 0.15) is 47.2 Å². The number of ether oxygens (including phenoxy) is 2. The van der Waals surface area contributed by atoms with Gasteiger partial charge in [-0.25, -0.2) is 0 Å². The number of hydrogen-bond donors (Lipinski definition) is 2. The van der Waals surface area contributed by atoms with Crippen LogP contribution in [0.3, 0.4) is 0 Å². The van der Waals surface area contributed by atoms with Gasteiger partial charge in [-0.2, -0.15) is 0 Å². The maximum Gasteiger partial charge on any atom is 0.305 e. The van der Waals surface area contributed by atoms with E-state index in [1.165, 1.54) is 0 Å². The number of rotatable bonds is 11. The molecule has 0 aromatic heterocycles. The highest BCUT2D eigenvalue weighted by Crippen LogP contribution is 2.28. The number of hydrogen-bond acceptors (Lipinski definition) is 6. The summed E-state index contributed by atoms with van der Waals surface area (Å²) in [5.41, 5.74) is 2.60. The Labute approximate surface area is 174 Å². The molecular formula is C21H26N2O7. The number of carbonyl (C=O) groups excluding carboxylic acids is 3. The first-order valence-electron chi connectivity index (χ1n) is 10.1. The number of piperidine rings is 1. The molecule has 1 aromatic carbocycles. The molecule has 0 aliphatic carbocycles. The zero-order valence-corrected chi connectivity index (χ0v) is 16.7. The molecule has 0 radical (unpaired) electrons. The zero-order valence-electron chi connectivity index (χ0n) is 16.7. The van der Waals surface area contributed by atoms with Gasteiger partial charge in [0.2, 0.25) is 11.8 Å². The first-order chi connectivity index (χ1) is 14.5. The Morgan fingerprint density at radius 3 is 2.63 bits per heavy atom. The van der Waals surface area contributed by atoms with E-state index in [0.717, 1.165) is 24.0 Å². The molecule has 2 aliphatic rings. The third-order valence-corrected chi connectivity index (χ3v) is 5.17. The minimum atomic E-state index is -0.882. The maximum absolute atomic E-state index is 12.7. The number of imide groups is 1. The van der Waals surface area contributed by atoms with Crippen molar-refractivity contribution >= 4 is 23.7 Å². The predicted octanol–water partition coefficient (Wildman–Crippen LogP) is 0.888. The Hall–Kier alpha value is -2.78. The van der Waals surface area contributed by atoms with Crippen LogP contribution in [-0.4, -0.2) is 66.2 Å². The van der Waals surface area contributed by atoms with Crippen molar-refractivity contribution in [3.8, 4) is 0 Å². The maximum atomic E-state index is 12.7. The number of aryl methyl sites for hydroxylation is 1. The minimum absolute atomic E-state index is 0.0121. The van der Waals surface area contributed by atoms with Crippen LogP contribution in [0.2, 0.25) is 0 Å². The van der Waals surface area contributed by atoms with E-state index in [0.29, 0.717) is 38.3 Å². The van der Waals surface area contributed by atoms with Gasteiger partial charge in [0.05, 0.1) is 26.2 Å². The van der Waals surface area contributed by atoms with Crippen molar-refractivity contribution in [3.05, 3.63) is 34.9 Å². The molecule has 0 bridgehead atoms. The number of nitrogens with zero attached hydrogens (tertiary/aromatic N) is 1. The van der Waals surface area contributed by atoms with Crippen molar-refractivity contribution in [1.29, 1.82) is 0 Å². The summed E-state index contributed by atoms with van der Waals surface area (Å²) in [6, 6.07) is 5.11. The molecule has 3 rings (SSSR count). The topological polar surface area (TPSA) is 122 Å². The molecule has 0 saturated carbocycles. The average Bonchev–Trinajstić information content (AvgIpc) is 3.02. The van der Waals surface area contributed by atoms with E-state index in [1.807, 2.05) is 12.1 Å². The monoisotopic (exact) mass is 418 g/mol. The Morgan fingerprint density at radius 2 is 1.90 bits per heavy atom. The molecule has 3 amide bonds. The van der Waals surface area contributed by atoms with E-state index < -0.39 is 17.9 Å².